The van der Waals surface area contributed by atoms with Crippen molar-refractivity contribution in [3.63, 3.8) is 0 Å². The van der Waals surface area contributed by atoms with Crippen molar-refractivity contribution in [1.29, 1.82) is 0 Å². The van der Waals surface area contributed by atoms with Gasteiger partial charge in [-0.1, -0.05) is 84.4 Å². The van der Waals surface area contributed by atoms with E-state index >= 15 is 0 Å². The smallest absolute Gasteiger partial charge is 0.152 e. The van der Waals surface area contributed by atoms with E-state index in [1.807, 2.05) is 72.8 Å². The molecule has 0 bridgehead atoms. The molecule has 0 fully saturated rings. The van der Waals surface area contributed by atoms with Gasteiger partial charge in [0, 0.05) is 10.6 Å². The van der Waals surface area contributed by atoms with Crippen LogP contribution in [0.4, 0.5) is 0 Å². The molecule has 1 heterocycles. The van der Waals surface area contributed by atoms with Gasteiger partial charge in [0.15, 0.2) is 0 Å². The van der Waals surface area contributed by atoms with Crippen molar-refractivity contribution in [1.82, 2.24) is 20.2 Å². The Morgan fingerprint density at radius 1 is 0.720 bits per heavy atom. The fourth-order valence-electron chi connectivity index (χ4n) is 2.78. The minimum absolute atomic E-state index is 0.163. The molecule has 0 N–H and O–H groups in total. The maximum atomic E-state index is 6.04. The molecule has 4 nitrogen and oxygen atoms in total. The Hall–Kier alpha value is -2.98. The highest BCUT2D eigenvalue weighted by Crippen LogP contribution is 2.27. The molecule has 0 amide bonds. The van der Waals surface area contributed by atoms with E-state index in [0.717, 1.165) is 16.7 Å². The van der Waals surface area contributed by atoms with Gasteiger partial charge in [-0.15, -0.1) is 10.2 Å². The normalized spacial score (nSPS) is 12.0. The summed E-state index contributed by atoms with van der Waals surface area (Å²) < 4.78 is 0. The number of nitrogens with zero attached hydrogens (tertiary/aromatic N) is 4. The summed E-state index contributed by atoms with van der Waals surface area (Å²) in [5, 5.41) is 13.9. The number of halogens is 1. The van der Waals surface area contributed by atoms with Crippen LogP contribution in [0.3, 0.4) is 0 Å². The van der Waals surface area contributed by atoms with Crippen molar-refractivity contribution in [3.05, 3.63) is 101 Å². The fourth-order valence-corrected chi connectivity index (χ4v) is 2.90. The molecule has 0 spiro atoms. The largest absolute Gasteiger partial charge is 0.204 e. The summed E-state index contributed by atoms with van der Waals surface area (Å²) in [4.78, 5) is 1.65. The van der Waals surface area contributed by atoms with Crippen LogP contribution in [0.5, 0.6) is 0 Å². The molecule has 0 aliphatic heterocycles. The average Bonchev–Trinajstić information content (AvgIpc) is 3.15. The molecular weight excluding hydrogens is 332 g/mol. The van der Waals surface area contributed by atoms with Crippen molar-refractivity contribution in [2.75, 3.05) is 0 Å². The Labute approximate surface area is 150 Å². The van der Waals surface area contributed by atoms with Gasteiger partial charge >= 0.3 is 0 Å². The lowest BCUT2D eigenvalue weighted by Crippen LogP contribution is -2.15. The molecular formula is C20H15ClN4. The maximum Gasteiger partial charge on any atom is 0.204 e. The van der Waals surface area contributed by atoms with Crippen molar-refractivity contribution in [2.24, 2.45) is 0 Å². The molecule has 0 saturated carbocycles. The van der Waals surface area contributed by atoms with E-state index in [1.54, 1.807) is 4.80 Å². The second-order valence-electron chi connectivity index (χ2n) is 5.66. The fraction of sp³-hybridized carbons (Fsp3) is 0.0500. The van der Waals surface area contributed by atoms with Crippen molar-refractivity contribution >= 4 is 11.6 Å². The van der Waals surface area contributed by atoms with Crippen LogP contribution in [0.15, 0.2) is 84.9 Å². The van der Waals surface area contributed by atoms with E-state index < -0.39 is 0 Å². The molecule has 0 radical (unpaired) electrons. The lowest BCUT2D eigenvalue weighted by atomic mass is 9.99. The molecule has 0 aliphatic rings. The van der Waals surface area contributed by atoms with Gasteiger partial charge in [0.25, 0.3) is 0 Å². The third-order valence-electron chi connectivity index (χ3n) is 3.99. The molecule has 25 heavy (non-hydrogen) atoms. The van der Waals surface area contributed by atoms with Crippen LogP contribution in [0, 0.1) is 0 Å². The standard InChI is InChI=1S/C20H15ClN4/c21-18-13-11-16(12-14-18)19(15-7-3-1-4-8-15)25-23-20(22-24-25)17-9-5-2-6-10-17/h1-14,19H/t19-/m0/s1. The number of hydrogen-bond acceptors (Lipinski definition) is 3. The van der Waals surface area contributed by atoms with Gasteiger partial charge < -0.3 is 0 Å². The number of hydrogen-bond donors (Lipinski definition) is 0. The summed E-state index contributed by atoms with van der Waals surface area (Å²) in [6, 6.07) is 27.5. The molecule has 1 atom stereocenters. The molecule has 1 aromatic heterocycles. The Morgan fingerprint density at radius 2 is 1.32 bits per heavy atom. The zero-order valence-corrected chi connectivity index (χ0v) is 14.1. The number of rotatable bonds is 4. The highest BCUT2D eigenvalue weighted by Gasteiger charge is 2.20. The van der Waals surface area contributed by atoms with Crippen molar-refractivity contribution in [3.8, 4) is 11.4 Å². The van der Waals surface area contributed by atoms with Gasteiger partial charge in [0.2, 0.25) is 5.82 Å². The van der Waals surface area contributed by atoms with Gasteiger partial charge in [-0.3, -0.25) is 0 Å². The van der Waals surface area contributed by atoms with Gasteiger partial charge in [-0.2, -0.15) is 4.80 Å². The lowest BCUT2D eigenvalue weighted by molar-refractivity contribution is 0.505. The van der Waals surface area contributed by atoms with Crippen LogP contribution < -0.4 is 0 Å². The Bertz CT molecular complexity index is 950. The van der Waals surface area contributed by atoms with Crippen LogP contribution in [-0.4, -0.2) is 20.2 Å². The second-order valence-corrected chi connectivity index (χ2v) is 6.10. The molecule has 0 unspecified atom stereocenters. The third-order valence-corrected chi connectivity index (χ3v) is 4.24. The Balaban J connectivity index is 1.79. The summed E-state index contributed by atoms with van der Waals surface area (Å²) >= 11 is 6.04. The number of tetrazole rings is 1. The first kappa shape index (κ1) is 15.5. The highest BCUT2D eigenvalue weighted by atomic mass is 35.5. The third kappa shape index (κ3) is 3.30. The first-order valence-corrected chi connectivity index (χ1v) is 8.34. The molecule has 0 aliphatic carbocycles. The van der Waals surface area contributed by atoms with Crippen molar-refractivity contribution in [2.45, 2.75) is 6.04 Å². The van der Waals surface area contributed by atoms with E-state index in [4.69, 9.17) is 11.6 Å². The van der Waals surface area contributed by atoms with Gasteiger partial charge in [-0.25, -0.2) is 0 Å². The summed E-state index contributed by atoms with van der Waals surface area (Å²) in [5.41, 5.74) is 3.08. The van der Waals surface area contributed by atoms with Crippen molar-refractivity contribution < 1.29 is 0 Å². The van der Waals surface area contributed by atoms with Crippen LogP contribution in [0.25, 0.3) is 11.4 Å². The summed E-state index contributed by atoms with van der Waals surface area (Å²) in [7, 11) is 0. The van der Waals surface area contributed by atoms with E-state index in [0.29, 0.717) is 10.8 Å². The predicted molar refractivity (Wildman–Crippen MR) is 98.4 cm³/mol. The van der Waals surface area contributed by atoms with E-state index in [2.05, 4.69) is 27.5 Å². The Morgan fingerprint density at radius 3 is 2.00 bits per heavy atom. The molecule has 3 aromatic carbocycles. The van der Waals surface area contributed by atoms with Gasteiger partial charge in [0.05, 0.1) is 0 Å². The molecule has 4 rings (SSSR count). The minimum atomic E-state index is -0.163. The lowest BCUT2D eigenvalue weighted by Gasteiger charge is -2.16. The Kier molecular flexibility index (Phi) is 4.27. The summed E-state index contributed by atoms with van der Waals surface area (Å²) in [5.74, 6) is 0.607. The van der Waals surface area contributed by atoms with Crippen LogP contribution >= 0.6 is 11.6 Å². The monoisotopic (exact) mass is 346 g/mol. The van der Waals surface area contributed by atoms with Crippen LogP contribution in [0.1, 0.15) is 17.2 Å². The molecule has 122 valence electrons. The quantitative estimate of drug-likeness (QED) is 0.541. The zero-order chi connectivity index (χ0) is 17.1. The van der Waals surface area contributed by atoms with E-state index in [-0.39, 0.29) is 6.04 Å². The van der Waals surface area contributed by atoms with E-state index in [1.165, 1.54) is 0 Å². The SMILES string of the molecule is Clc1ccc([C@H](c2ccccc2)n2nnc(-c3ccccc3)n2)cc1. The topological polar surface area (TPSA) is 43.6 Å². The molecule has 5 heteroatoms. The predicted octanol–water partition coefficient (Wildman–Crippen LogP) is 4.63. The van der Waals surface area contributed by atoms with Gasteiger partial charge in [-0.05, 0) is 28.5 Å². The van der Waals surface area contributed by atoms with E-state index in [9.17, 15) is 0 Å². The summed E-state index contributed by atoms with van der Waals surface area (Å²) in [6.45, 7) is 0. The first-order chi connectivity index (χ1) is 12.3. The average molecular weight is 347 g/mol. The van der Waals surface area contributed by atoms with Crippen LogP contribution in [0.2, 0.25) is 5.02 Å². The number of benzene rings is 3. The molecule has 4 aromatic rings. The molecule has 0 saturated heterocycles. The highest BCUT2D eigenvalue weighted by molar-refractivity contribution is 6.30. The second kappa shape index (κ2) is 6.87. The summed E-state index contributed by atoms with van der Waals surface area (Å²) in [6.07, 6.45) is 0. The minimum Gasteiger partial charge on any atom is -0.152 e. The van der Waals surface area contributed by atoms with Gasteiger partial charge in [0.1, 0.15) is 6.04 Å². The van der Waals surface area contributed by atoms with Crippen LogP contribution in [-0.2, 0) is 0 Å². The first-order valence-electron chi connectivity index (χ1n) is 7.96. The number of aromatic nitrogens is 4. The zero-order valence-electron chi connectivity index (χ0n) is 13.3. The maximum absolute atomic E-state index is 6.04.